The topological polar surface area (TPSA) is 75.7 Å². The van der Waals surface area contributed by atoms with E-state index in [0.29, 0.717) is 0 Å². The molecular formula is C23H26N2O4. The molecule has 1 fully saturated rings. The number of anilines is 1. The number of carbonyl (C=O) groups excluding carboxylic acids is 3. The standard InChI is InChI=1S/C23H26N2O4/c1-3-17-9-11-20(12-10-17)25-14-19(13-22(25)27)23(28)29-15-21(26)24-16(2)18-7-5-4-6-8-18/h4-12,16,19H,3,13-15H2,1-2H3,(H,24,26)/t16-,19+/m0/s1. The van der Waals surface area contributed by atoms with Gasteiger partial charge in [-0.05, 0) is 36.6 Å². The summed E-state index contributed by atoms with van der Waals surface area (Å²) in [6.07, 6.45) is 1.02. The first-order valence-electron chi connectivity index (χ1n) is 9.88. The number of aryl methyl sites for hydroxylation is 1. The molecule has 2 atom stereocenters. The van der Waals surface area contributed by atoms with Gasteiger partial charge in [-0.15, -0.1) is 0 Å². The maximum Gasteiger partial charge on any atom is 0.311 e. The zero-order valence-corrected chi connectivity index (χ0v) is 16.8. The lowest BCUT2D eigenvalue weighted by Gasteiger charge is -2.17. The minimum atomic E-state index is -0.562. The first kappa shape index (κ1) is 20.6. The lowest BCUT2D eigenvalue weighted by atomic mass is 10.1. The van der Waals surface area contributed by atoms with Gasteiger partial charge in [0.15, 0.2) is 6.61 Å². The summed E-state index contributed by atoms with van der Waals surface area (Å²) in [7, 11) is 0. The molecule has 2 aromatic rings. The van der Waals surface area contributed by atoms with Crippen molar-refractivity contribution < 1.29 is 19.1 Å². The van der Waals surface area contributed by atoms with Gasteiger partial charge in [0.2, 0.25) is 5.91 Å². The van der Waals surface area contributed by atoms with Crippen molar-refractivity contribution in [3.63, 3.8) is 0 Å². The Morgan fingerprint density at radius 2 is 1.83 bits per heavy atom. The van der Waals surface area contributed by atoms with Crippen LogP contribution >= 0.6 is 0 Å². The summed E-state index contributed by atoms with van der Waals surface area (Å²) in [5.41, 5.74) is 2.93. The van der Waals surface area contributed by atoms with Crippen LogP contribution < -0.4 is 10.2 Å². The van der Waals surface area contributed by atoms with E-state index in [9.17, 15) is 14.4 Å². The highest BCUT2D eigenvalue weighted by atomic mass is 16.5. The van der Waals surface area contributed by atoms with E-state index >= 15 is 0 Å². The molecule has 0 unspecified atom stereocenters. The summed E-state index contributed by atoms with van der Waals surface area (Å²) in [6.45, 7) is 3.85. The fraction of sp³-hybridized carbons (Fsp3) is 0.348. The zero-order chi connectivity index (χ0) is 20.8. The van der Waals surface area contributed by atoms with E-state index in [1.807, 2.05) is 61.5 Å². The smallest absolute Gasteiger partial charge is 0.311 e. The van der Waals surface area contributed by atoms with E-state index in [1.165, 1.54) is 5.56 Å². The number of benzene rings is 2. The van der Waals surface area contributed by atoms with Crippen molar-refractivity contribution in [2.45, 2.75) is 32.7 Å². The number of rotatable bonds is 7. The van der Waals surface area contributed by atoms with E-state index in [1.54, 1.807) is 4.90 Å². The summed E-state index contributed by atoms with van der Waals surface area (Å²) < 4.78 is 5.16. The molecule has 1 aliphatic rings. The van der Waals surface area contributed by atoms with E-state index in [4.69, 9.17) is 4.74 Å². The Morgan fingerprint density at radius 3 is 2.48 bits per heavy atom. The molecule has 29 heavy (non-hydrogen) atoms. The lowest BCUT2D eigenvalue weighted by molar-refractivity contribution is -0.152. The van der Waals surface area contributed by atoms with Gasteiger partial charge in [-0.25, -0.2) is 0 Å². The lowest BCUT2D eigenvalue weighted by Crippen LogP contribution is -2.32. The Kier molecular flexibility index (Phi) is 6.65. The number of amides is 2. The third-order valence-electron chi connectivity index (χ3n) is 5.14. The molecule has 0 radical (unpaired) electrons. The third kappa shape index (κ3) is 5.22. The second kappa shape index (κ2) is 9.37. The Balaban J connectivity index is 1.49. The number of hydrogen-bond donors (Lipinski definition) is 1. The van der Waals surface area contributed by atoms with Crippen molar-refractivity contribution in [1.82, 2.24) is 5.32 Å². The van der Waals surface area contributed by atoms with Crippen molar-refractivity contribution in [2.24, 2.45) is 5.92 Å². The highest BCUT2D eigenvalue weighted by Gasteiger charge is 2.36. The van der Waals surface area contributed by atoms with Crippen LogP contribution in [0.2, 0.25) is 0 Å². The van der Waals surface area contributed by atoms with Crippen LogP contribution in [0, 0.1) is 5.92 Å². The second-order valence-electron chi connectivity index (χ2n) is 7.23. The summed E-state index contributed by atoms with van der Waals surface area (Å²) in [5, 5.41) is 2.80. The molecule has 2 aromatic carbocycles. The number of carbonyl (C=O) groups is 3. The average Bonchev–Trinajstić information content (AvgIpc) is 3.14. The molecule has 1 heterocycles. The van der Waals surface area contributed by atoms with E-state index in [2.05, 4.69) is 12.2 Å². The number of ether oxygens (including phenoxy) is 1. The summed E-state index contributed by atoms with van der Waals surface area (Å²) in [6, 6.07) is 17.1. The zero-order valence-electron chi connectivity index (χ0n) is 16.8. The molecule has 1 saturated heterocycles. The minimum Gasteiger partial charge on any atom is -0.455 e. The Labute approximate surface area is 170 Å². The molecule has 1 N–H and O–H groups in total. The molecule has 0 spiro atoms. The molecule has 3 rings (SSSR count). The monoisotopic (exact) mass is 394 g/mol. The predicted octanol–water partition coefficient (Wildman–Crippen LogP) is 3.02. The molecule has 2 amide bonds. The van der Waals surface area contributed by atoms with Crippen LogP contribution in [0.4, 0.5) is 5.69 Å². The van der Waals surface area contributed by atoms with Crippen LogP contribution in [0.25, 0.3) is 0 Å². The molecule has 152 valence electrons. The van der Waals surface area contributed by atoms with Crippen molar-refractivity contribution >= 4 is 23.5 Å². The normalized spacial score (nSPS) is 17.1. The van der Waals surface area contributed by atoms with Gasteiger partial charge in [-0.2, -0.15) is 0 Å². The maximum atomic E-state index is 12.3. The van der Waals surface area contributed by atoms with Gasteiger partial charge in [0.05, 0.1) is 12.0 Å². The fourth-order valence-electron chi connectivity index (χ4n) is 3.39. The predicted molar refractivity (Wildman–Crippen MR) is 110 cm³/mol. The molecule has 0 aliphatic carbocycles. The highest BCUT2D eigenvalue weighted by Crippen LogP contribution is 2.26. The average molecular weight is 394 g/mol. The molecule has 6 heteroatoms. The van der Waals surface area contributed by atoms with Crippen LogP contribution in [0.15, 0.2) is 54.6 Å². The largest absolute Gasteiger partial charge is 0.455 e. The molecule has 6 nitrogen and oxygen atoms in total. The molecule has 0 saturated carbocycles. The van der Waals surface area contributed by atoms with Crippen LogP contribution in [-0.2, 0) is 25.5 Å². The Morgan fingerprint density at radius 1 is 1.14 bits per heavy atom. The number of nitrogens with one attached hydrogen (secondary N) is 1. The first-order chi connectivity index (χ1) is 14.0. The van der Waals surface area contributed by atoms with E-state index < -0.39 is 11.9 Å². The Hall–Kier alpha value is -3.15. The molecule has 0 bridgehead atoms. The number of hydrogen-bond acceptors (Lipinski definition) is 4. The van der Waals surface area contributed by atoms with Gasteiger partial charge in [-0.1, -0.05) is 49.4 Å². The highest BCUT2D eigenvalue weighted by molar-refractivity contribution is 5.99. The van der Waals surface area contributed by atoms with Gasteiger partial charge >= 0.3 is 5.97 Å². The van der Waals surface area contributed by atoms with Gasteiger partial charge in [0.25, 0.3) is 5.91 Å². The van der Waals surface area contributed by atoms with E-state index in [-0.39, 0.29) is 37.4 Å². The quantitative estimate of drug-likeness (QED) is 0.733. The second-order valence-corrected chi connectivity index (χ2v) is 7.23. The first-order valence-corrected chi connectivity index (χ1v) is 9.88. The number of esters is 1. The van der Waals surface area contributed by atoms with Crippen LogP contribution in [0.5, 0.6) is 0 Å². The summed E-state index contributed by atoms with van der Waals surface area (Å²) in [5.74, 6) is -1.56. The van der Waals surface area contributed by atoms with Gasteiger partial charge in [-0.3, -0.25) is 14.4 Å². The van der Waals surface area contributed by atoms with Crippen LogP contribution in [-0.4, -0.2) is 30.9 Å². The van der Waals surface area contributed by atoms with Gasteiger partial charge in [0, 0.05) is 18.7 Å². The molecule has 1 aliphatic heterocycles. The Bertz CT molecular complexity index is 864. The van der Waals surface area contributed by atoms with Crippen molar-refractivity contribution in [1.29, 1.82) is 0 Å². The van der Waals surface area contributed by atoms with Gasteiger partial charge in [0.1, 0.15) is 0 Å². The van der Waals surface area contributed by atoms with Crippen molar-refractivity contribution in [3.8, 4) is 0 Å². The SMILES string of the molecule is CCc1ccc(N2C[C@H](C(=O)OCC(=O)N[C@@H](C)c3ccccc3)CC2=O)cc1. The van der Waals surface area contributed by atoms with E-state index in [0.717, 1.165) is 17.7 Å². The third-order valence-corrected chi connectivity index (χ3v) is 5.14. The minimum absolute atomic E-state index is 0.0937. The fourth-order valence-corrected chi connectivity index (χ4v) is 3.39. The van der Waals surface area contributed by atoms with Crippen molar-refractivity contribution in [2.75, 3.05) is 18.1 Å². The molecular weight excluding hydrogens is 368 g/mol. The number of nitrogens with zero attached hydrogens (tertiary/aromatic N) is 1. The van der Waals surface area contributed by atoms with Crippen LogP contribution in [0.1, 0.15) is 37.4 Å². The van der Waals surface area contributed by atoms with Crippen LogP contribution in [0.3, 0.4) is 0 Å². The van der Waals surface area contributed by atoms with Crippen molar-refractivity contribution in [3.05, 3.63) is 65.7 Å². The summed E-state index contributed by atoms with van der Waals surface area (Å²) >= 11 is 0. The maximum absolute atomic E-state index is 12.3. The summed E-state index contributed by atoms with van der Waals surface area (Å²) in [4.78, 5) is 38.4. The molecule has 0 aromatic heterocycles. The van der Waals surface area contributed by atoms with Gasteiger partial charge < -0.3 is 15.0 Å².